The zero-order valence-electron chi connectivity index (χ0n) is 8.50. The second-order valence-corrected chi connectivity index (χ2v) is 4.51. The molecule has 0 bridgehead atoms. The number of thiophene rings is 1. The summed E-state index contributed by atoms with van der Waals surface area (Å²) in [5, 5.41) is 13.1. The molecule has 1 aromatic heterocycles. The normalized spacial score (nSPS) is 14.5. The van der Waals surface area contributed by atoms with Gasteiger partial charge in [-0.1, -0.05) is 6.92 Å². The summed E-state index contributed by atoms with van der Waals surface area (Å²) in [7, 11) is 0. The second-order valence-electron chi connectivity index (χ2n) is 3.41. The molecule has 2 heterocycles. The van der Waals surface area contributed by atoms with Crippen molar-refractivity contribution >= 4 is 22.3 Å². The number of carboxylic acid groups (broad SMARTS) is 1. The molecule has 1 aliphatic heterocycles. The van der Waals surface area contributed by atoms with Crippen LogP contribution in [0.4, 0.5) is 5.00 Å². The Hall–Kier alpha value is -1.07. The molecule has 15 heavy (non-hydrogen) atoms. The number of hydrogen-bond acceptors (Lipinski definition) is 4. The number of rotatable bonds is 3. The van der Waals surface area contributed by atoms with E-state index >= 15 is 0 Å². The highest BCUT2D eigenvalue weighted by atomic mass is 32.1. The van der Waals surface area contributed by atoms with Crippen LogP contribution in [0.2, 0.25) is 0 Å². The van der Waals surface area contributed by atoms with Gasteiger partial charge in [0.15, 0.2) is 0 Å². The highest BCUT2D eigenvalue weighted by molar-refractivity contribution is 7.16. The van der Waals surface area contributed by atoms with Crippen LogP contribution in [-0.4, -0.2) is 17.8 Å². The highest BCUT2D eigenvalue weighted by Gasteiger charge is 2.21. The Morgan fingerprint density at radius 1 is 1.67 bits per heavy atom. The maximum atomic E-state index is 10.8. The third kappa shape index (κ3) is 1.98. The van der Waals surface area contributed by atoms with E-state index in [1.165, 1.54) is 0 Å². The third-order valence-electron chi connectivity index (χ3n) is 2.43. The molecule has 0 saturated heterocycles. The van der Waals surface area contributed by atoms with Crippen LogP contribution in [0.5, 0.6) is 0 Å². The summed E-state index contributed by atoms with van der Waals surface area (Å²) in [6, 6.07) is 0. The number of aliphatic carboxylic acids is 1. The predicted molar refractivity (Wildman–Crippen MR) is 58.3 cm³/mol. The first-order valence-corrected chi connectivity index (χ1v) is 5.70. The van der Waals surface area contributed by atoms with E-state index in [1.54, 1.807) is 11.3 Å². The van der Waals surface area contributed by atoms with E-state index in [2.05, 4.69) is 5.32 Å². The maximum Gasteiger partial charge on any atom is 0.307 e. The fourth-order valence-electron chi connectivity index (χ4n) is 1.76. The number of fused-ring (bicyclic) bond motifs is 1. The molecule has 0 unspecified atom stereocenters. The molecule has 0 amide bonds. The van der Waals surface area contributed by atoms with Gasteiger partial charge in [-0.25, -0.2) is 0 Å². The SMILES string of the molecule is CCc1sc2c(c1CC(=O)O)COCN2. The molecule has 0 saturated carbocycles. The van der Waals surface area contributed by atoms with E-state index in [1.807, 2.05) is 6.92 Å². The average Bonchev–Trinajstić information content (AvgIpc) is 2.56. The minimum Gasteiger partial charge on any atom is -0.481 e. The van der Waals surface area contributed by atoms with Crippen molar-refractivity contribution in [1.29, 1.82) is 0 Å². The van der Waals surface area contributed by atoms with Gasteiger partial charge < -0.3 is 15.2 Å². The van der Waals surface area contributed by atoms with Gasteiger partial charge in [-0.3, -0.25) is 4.79 Å². The molecular formula is C10H13NO3S. The Balaban J connectivity index is 2.39. The van der Waals surface area contributed by atoms with Gasteiger partial charge in [0.05, 0.1) is 18.0 Å². The lowest BCUT2D eigenvalue weighted by Crippen LogP contribution is -2.14. The van der Waals surface area contributed by atoms with Crippen molar-refractivity contribution < 1.29 is 14.6 Å². The summed E-state index contributed by atoms with van der Waals surface area (Å²) in [5.74, 6) is -0.782. The summed E-state index contributed by atoms with van der Waals surface area (Å²) >= 11 is 1.65. The molecule has 0 aliphatic carbocycles. The van der Waals surface area contributed by atoms with Crippen LogP contribution in [0.15, 0.2) is 0 Å². The van der Waals surface area contributed by atoms with Crippen LogP contribution < -0.4 is 5.32 Å². The largest absolute Gasteiger partial charge is 0.481 e. The molecule has 0 radical (unpaired) electrons. The molecule has 2 rings (SSSR count). The molecule has 0 aromatic carbocycles. The Morgan fingerprint density at radius 3 is 3.13 bits per heavy atom. The van der Waals surface area contributed by atoms with Gasteiger partial charge >= 0.3 is 5.97 Å². The van der Waals surface area contributed by atoms with Crippen LogP contribution in [0.25, 0.3) is 0 Å². The summed E-state index contributed by atoms with van der Waals surface area (Å²) in [6.45, 7) is 3.09. The molecule has 4 nitrogen and oxygen atoms in total. The monoisotopic (exact) mass is 227 g/mol. The van der Waals surface area contributed by atoms with Gasteiger partial charge in [-0.05, 0) is 12.0 Å². The summed E-state index contributed by atoms with van der Waals surface area (Å²) in [4.78, 5) is 11.9. The number of carboxylic acids is 1. The Bertz CT molecular complexity index is 386. The number of hydrogen-bond donors (Lipinski definition) is 2. The van der Waals surface area contributed by atoms with Gasteiger partial charge in [0.25, 0.3) is 0 Å². The van der Waals surface area contributed by atoms with Crippen LogP contribution in [0, 0.1) is 0 Å². The number of aryl methyl sites for hydroxylation is 1. The molecular weight excluding hydrogens is 214 g/mol. The van der Waals surface area contributed by atoms with Gasteiger partial charge in [0, 0.05) is 10.4 Å². The van der Waals surface area contributed by atoms with E-state index in [0.29, 0.717) is 13.3 Å². The fraction of sp³-hybridized carbons (Fsp3) is 0.500. The van der Waals surface area contributed by atoms with Crippen molar-refractivity contribution in [3.63, 3.8) is 0 Å². The lowest BCUT2D eigenvalue weighted by Gasteiger charge is -2.15. The fourth-order valence-corrected chi connectivity index (χ4v) is 2.90. The maximum absolute atomic E-state index is 10.8. The zero-order chi connectivity index (χ0) is 10.8. The zero-order valence-corrected chi connectivity index (χ0v) is 9.32. The lowest BCUT2D eigenvalue weighted by molar-refractivity contribution is -0.136. The van der Waals surface area contributed by atoms with E-state index in [9.17, 15) is 4.79 Å². The van der Waals surface area contributed by atoms with Gasteiger partial charge in [0.1, 0.15) is 6.73 Å². The number of carbonyl (C=O) groups is 1. The standard InChI is InChI=1S/C10H13NO3S/c1-2-8-6(3-9(12)13)7-4-14-5-11-10(7)15-8/h11H,2-5H2,1H3,(H,12,13). The van der Waals surface area contributed by atoms with E-state index in [0.717, 1.165) is 27.4 Å². The summed E-state index contributed by atoms with van der Waals surface area (Å²) < 4.78 is 5.28. The van der Waals surface area contributed by atoms with Crippen molar-refractivity contribution in [2.75, 3.05) is 12.0 Å². The molecule has 2 N–H and O–H groups in total. The predicted octanol–water partition coefficient (Wildman–Crippen LogP) is 1.84. The van der Waals surface area contributed by atoms with E-state index < -0.39 is 5.97 Å². The van der Waals surface area contributed by atoms with Crippen LogP contribution in [-0.2, 0) is 29.0 Å². The topological polar surface area (TPSA) is 58.6 Å². The van der Waals surface area contributed by atoms with Gasteiger partial charge in [0.2, 0.25) is 0 Å². The van der Waals surface area contributed by atoms with Crippen molar-refractivity contribution in [2.24, 2.45) is 0 Å². The number of nitrogens with one attached hydrogen (secondary N) is 1. The molecule has 0 atom stereocenters. The summed E-state index contributed by atoms with van der Waals surface area (Å²) in [5.41, 5.74) is 1.97. The van der Waals surface area contributed by atoms with Gasteiger partial charge in [-0.2, -0.15) is 0 Å². The minimum absolute atomic E-state index is 0.0973. The smallest absolute Gasteiger partial charge is 0.307 e. The van der Waals surface area contributed by atoms with E-state index in [4.69, 9.17) is 9.84 Å². The molecule has 82 valence electrons. The molecule has 1 aromatic rings. The quantitative estimate of drug-likeness (QED) is 0.827. The van der Waals surface area contributed by atoms with Crippen molar-refractivity contribution in [1.82, 2.24) is 0 Å². The van der Waals surface area contributed by atoms with Crippen LogP contribution in [0.1, 0.15) is 22.9 Å². The Morgan fingerprint density at radius 2 is 2.47 bits per heavy atom. The first-order valence-electron chi connectivity index (χ1n) is 4.89. The van der Waals surface area contributed by atoms with Crippen LogP contribution in [0.3, 0.4) is 0 Å². The minimum atomic E-state index is -0.782. The van der Waals surface area contributed by atoms with Crippen molar-refractivity contribution in [3.8, 4) is 0 Å². The Labute approximate surface area is 91.9 Å². The first-order chi connectivity index (χ1) is 7.22. The number of anilines is 1. The molecule has 5 heteroatoms. The highest BCUT2D eigenvalue weighted by Crippen LogP contribution is 2.36. The van der Waals surface area contributed by atoms with Crippen molar-refractivity contribution in [3.05, 3.63) is 16.0 Å². The van der Waals surface area contributed by atoms with E-state index in [-0.39, 0.29) is 6.42 Å². The van der Waals surface area contributed by atoms with Crippen LogP contribution >= 0.6 is 11.3 Å². The molecule has 0 fully saturated rings. The summed E-state index contributed by atoms with van der Waals surface area (Å²) in [6.07, 6.45) is 0.974. The van der Waals surface area contributed by atoms with Gasteiger partial charge in [-0.15, -0.1) is 11.3 Å². The lowest BCUT2D eigenvalue weighted by atomic mass is 10.1. The van der Waals surface area contributed by atoms with Crippen molar-refractivity contribution in [2.45, 2.75) is 26.4 Å². The molecule has 1 aliphatic rings. The first kappa shape index (κ1) is 10.4. The Kier molecular flexibility index (Phi) is 2.93. The average molecular weight is 227 g/mol. The second kappa shape index (κ2) is 4.20. The third-order valence-corrected chi connectivity index (χ3v) is 3.81. The number of ether oxygens (including phenoxy) is 1. The molecule has 0 spiro atoms.